The number of hydrogen-bond acceptors (Lipinski definition) is 2. The molecule has 2 aromatic rings. The second-order valence-electron chi connectivity index (χ2n) is 9.44. The van der Waals surface area contributed by atoms with Crippen molar-refractivity contribution in [1.29, 1.82) is 0 Å². The molecule has 1 aromatic heterocycles. The molecule has 0 amide bonds. The zero-order valence-electron chi connectivity index (χ0n) is 20.0. The maximum Gasteiger partial charge on any atom is 0.0381 e. The highest BCUT2D eigenvalue weighted by Crippen LogP contribution is 2.45. The van der Waals surface area contributed by atoms with Gasteiger partial charge in [-0.05, 0) is 77.5 Å². The van der Waals surface area contributed by atoms with Crippen molar-refractivity contribution in [3.05, 3.63) is 28.1 Å². The largest absolute Gasteiger partial charge is 0.144 e. The van der Waals surface area contributed by atoms with Gasteiger partial charge in [-0.15, -0.1) is 23.1 Å². The fraction of sp³-hybridized carbons (Fsp3) is 0.714. The summed E-state index contributed by atoms with van der Waals surface area (Å²) in [7, 11) is 0. The van der Waals surface area contributed by atoms with Gasteiger partial charge in [0.1, 0.15) is 0 Å². The zero-order chi connectivity index (χ0) is 21.3. The molecule has 2 unspecified atom stereocenters. The van der Waals surface area contributed by atoms with Crippen molar-refractivity contribution in [3.8, 4) is 0 Å². The van der Waals surface area contributed by atoms with E-state index in [-0.39, 0.29) is 0 Å². The summed E-state index contributed by atoms with van der Waals surface area (Å²) >= 11 is 4.18. The first-order valence-electron chi connectivity index (χ1n) is 12.9. The minimum absolute atomic E-state index is 0.907. The number of rotatable bonds is 14. The van der Waals surface area contributed by atoms with E-state index in [0.717, 1.165) is 11.8 Å². The third kappa shape index (κ3) is 5.85. The summed E-state index contributed by atoms with van der Waals surface area (Å²) in [4.78, 5) is 1.70. The highest BCUT2D eigenvalue weighted by atomic mass is 32.2. The van der Waals surface area contributed by atoms with Crippen LogP contribution < -0.4 is 0 Å². The number of aryl methyl sites for hydroxylation is 2. The van der Waals surface area contributed by atoms with Gasteiger partial charge in [-0.2, -0.15) is 0 Å². The third-order valence-corrected chi connectivity index (χ3v) is 9.63. The van der Waals surface area contributed by atoms with Gasteiger partial charge < -0.3 is 0 Å². The zero-order valence-corrected chi connectivity index (χ0v) is 21.7. The van der Waals surface area contributed by atoms with Gasteiger partial charge in [0.05, 0.1) is 0 Å². The van der Waals surface area contributed by atoms with Crippen LogP contribution in [-0.2, 0) is 19.3 Å². The molecule has 0 saturated carbocycles. The predicted molar refractivity (Wildman–Crippen MR) is 140 cm³/mol. The van der Waals surface area contributed by atoms with Gasteiger partial charge in [0.25, 0.3) is 0 Å². The van der Waals surface area contributed by atoms with E-state index in [4.69, 9.17) is 0 Å². The van der Waals surface area contributed by atoms with E-state index in [0.29, 0.717) is 0 Å². The van der Waals surface area contributed by atoms with Crippen molar-refractivity contribution in [2.24, 2.45) is 11.8 Å². The average molecular weight is 445 g/mol. The summed E-state index contributed by atoms with van der Waals surface area (Å²) in [6.07, 6.45) is 17.7. The van der Waals surface area contributed by atoms with Gasteiger partial charge in [0.15, 0.2) is 0 Å². The summed E-state index contributed by atoms with van der Waals surface area (Å²) in [6, 6.07) is 2.44. The second kappa shape index (κ2) is 12.5. The Kier molecular flexibility index (Phi) is 10.1. The molecule has 0 fully saturated rings. The molecule has 0 nitrogen and oxygen atoms in total. The van der Waals surface area contributed by atoms with Crippen molar-refractivity contribution >= 4 is 33.2 Å². The van der Waals surface area contributed by atoms with Gasteiger partial charge in [0.2, 0.25) is 0 Å². The molecule has 2 atom stereocenters. The van der Waals surface area contributed by atoms with Gasteiger partial charge in [-0.3, -0.25) is 0 Å². The Morgan fingerprint density at radius 1 is 0.833 bits per heavy atom. The van der Waals surface area contributed by atoms with Crippen LogP contribution in [0, 0.1) is 11.8 Å². The lowest BCUT2D eigenvalue weighted by Gasteiger charge is -2.20. The Bertz CT molecular complexity index is 711. The maximum absolute atomic E-state index is 2.44. The molecule has 2 heteroatoms. The van der Waals surface area contributed by atoms with Crippen LogP contribution in [0.5, 0.6) is 0 Å². The highest BCUT2D eigenvalue weighted by Gasteiger charge is 2.25. The van der Waals surface area contributed by atoms with Gasteiger partial charge in [0, 0.05) is 15.3 Å². The van der Waals surface area contributed by atoms with Crippen molar-refractivity contribution < 1.29 is 0 Å². The Morgan fingerprint density at radius 3 is 2.07 bits per heavy atom. The van der Waals surface area contributed by atoms with E-state index in [9.17, 15) is 0 Å². The fourth-order valence-corrected chi connectivity index (χ4v) is 7.68. The minimum Gasteiger partial charge on any atom is -0.144 e. The third-order valence-electron chi connectivity index (χ3n) is 7.47. The molecular formula is C28H44S2. The van der Waals surface area contributed by atoms with E-state index in [1.807, 2.05) is 11.3 Å². The average Bonchev–Trinajstić information content (AvgIpc) is 3.44. The van der Waals surface area contributed by atoms with E-state index in [1.54, 1.807) is 31.7 Å². The molecule has 1 aliphatic rings. The molecule has 0 saturated heterocycles. The summed E-state index contributed by atoms with van der Waals surface area (Å²) in [5.41, 5.74) is 5.19. The smallest absolute Gasteiger partial charge is 0.0381 e. The lowest BCUT2D eigenvalue weighted by Crippen LogP contribution is -2.06. The molecule has 0 N–H and O–H groups in total. The minimum atomic E-state index is 0.907. The van der Waals surface area contributed by atoms with Crippen molar-refractivity contribution in [2.75, 3.05) is 5.75 Å². The van der Waals surface area contributed by atoms with E-state index in [1.165, 1.54) is 89.2 Å². The van der Waals surface area contributed by atoms with Crippen LogP contribution in [0.25, 0.3) is 10.1 Å². The van der Waals surface area contributed by atoms with E-state index >= 15 is 0 Å². The molecule has 3 rings (SSSR count). The van der Waals surface area contributed by atoms with E-state index in [2.05, 4.69) is 50.9 Å². The van der Waals surface area contributed by atoms with Crippen LogP contribution in [0.1, 0.15) is 109 Å². The molecule has 0 radical (unpaired) electrons. The first-order valence-corrected chi connectivity index (χ1v) is 14.8. The van der Waals surface area contributed by atoms with Crippen molar-refractivity contribution in [2.45, 2.75) is 116 Å². The summed E-state index contributed by atoms with van der Waals surface area (Å²) in [5.74, 6) is 3.12. The number of thiophene rings is 1. The Morgan fingerprint density at radius 2 is 1.47 bits per heavy atom. The summed E-state index contributed by atoms with van der Waals surface area (Å²) in [5, 5.41) is 3.97. The molecule has 1 aliphatic heterocycles. The normalized spacial score (nSPS) is 15.6. The number of unbranched alkanes of at least 4 members (excludes halogenated alkanes) is 2. The van der Waals surface area contributed by atoms with Crippen LogP contribution in [0.4, 0.5) is 0 Å². The van der Waals surface area contributed by atoms with Crippen LogP contribution >= 0.6 is 23.1 Å². The van der Waals surface area contributed by atoms with Gasteiger partial charge in [-0.1, -0.05) is 79.1 Å². The standard InChI is InChI=1S/C28H44S2/c1-5-9-11-21(7-3)13-15-23-25-17-19-30-28(25)24(26-18-20-29-27(23)26)16-14-22(8-4)12-10-6-2/h17,19,21-22H,5-16,18,20H2,1-4H3. The molecule has 30 heavy (non-hydrogen) atoms. The quantitative estimate of drug-likeness (QED) is 0.279. The molecule has 1 aromatic carbocycles. The van der Waals surface area contributed by atoms with Gasteiger partial charge >= 0.3 is 0 Å². The lowest BCUT2D eigenvalue weighted by atomic mass is 9.87. The summed E-state index contributed by atoms with van der Waals surface area (Å²) < 4.78 is 1.64. The number of hydrogen-bond donors (Lipinski definition) is 0. The fourth-order valence-electron chi connectivity index (χ4n) is 5.35. The Hall–Kier alpha value is -0.470. The topological polar surface area (TPSA) is 0 Å². The maximum atomic E-state index is 2.44. The monoisotopic (exact) mass is 444 g/mol. The first-order chi connectivity index (χ1) is 14.7. The first kappa shape index (κ1) is 24.2. The molecule has 2 heterocycles. The van der Waals surface area contributed by atoms with Crippen LogP contribution in [0.3, 0.4) is 0 Å². The molecule has 0 bridgehead atoms. The molecule has 0 aliphatic carbocycles. The van der Waals surface area contributed by atoms with Crippen LogP contribution in [0.15, 0.2) is 16.3 Å². The van der Waals surface area contributed by atoms with Crippen LogP contribution in [-0.4, -0.2) is 5.75 Å². The number of thioether (sulfide) groups is 1. The highest BCUT2D eigenvalue weighted by molar-refractivity contribution is 7.99. The Labute approximate surface area is 194 Å². The SMILES string of the molecule is CCCCC(CC)CCc1c2c(c(CCC(CC)CCCC)c3sccc13)CCS2. The van der Waals surface area contributed by atoms with Crippen LogP contribution in [0.2, 0.25) is 0 Å². The Balaban J connectivity index is 1.82. The predicted octanol–water partition coefficient (Wildman–Crippen LogP) is 9.85. The molecular weight excluding hydrogens is 400 g/mol. The number of fused-ring (bicyclic) bond motifs is 2. The van der Waals surface area contributed by atoms with Crippen molar-refractivity contribution in [3.63, 3.8) is 0 Å². The number of benzene rings is 1. The van der Waals surface area contributed by atoms with E-state index < -0.39 is 0 Å². The summed E-state index contributed by atoms with van der Waals surface area (Å²) in [6.45, 7) is 9.45. The van der Waals surface area contributed by atoms with Crippen molar-refractivity contribution in [1.82, 2.24) is 0 Å². The molecule has 0 spiro atoms. The second-order valence-corrected chi connectivity index (χ2v) is 11.5. The molecule has 168 valence electrons. The van der Waals surface area contributed by atoms with Gasteiger partial charge in [-0.25, -0.2) is 0 Å². The lowest BCUT2D eigenvalue weighted by molar-refractivity contribution is 0.420.